The van der Waals surface area contributed by atoms with Gasteiger partial charge in [0.15, 0.2) is 11.0 Å². The molecule has 0 radical (unpaired) electrons. The van der Waals surface area contributed by atoms with Gasteiger partial charge in [-0.05, 0) is 85.4 Å². The van der Waals surface area contributed by atoms with Crippen LogP contribution in [-0.2, 0) is 26.9 Å². The van der Waals surface area contributed by atoms with Crippen LogP contribution in [0.3, 0.4) is 0 Å². The van der Waals surface area contributed by atoms with E-state index in [0.717, 1.165) is 68.1 Å². The molecule has 4 rings (SSSR count). The first kappa shape index (κ1) is 32.6. The summed E-state index contributed by atoms with van der Waals surface area (Å²) in [6.07, 6.45) is 11.1. The predicted molar refractivity (Wildman–Crippen MR) is 173 cm³/mol. The molecular weight excluding hydrogens is 568 g/mol. The summed E-state index contributed by atoms with van der Waals surface area (Å²) in [6.45, 7) is 9.24. The largest absolute Gasteiger partial charge is 0.491 e. The molecule has 0 fully saturated rings. The number of rotatable bonds is 7. The van der Waals surface area contributed by atoms with Gasteiger partial charge in [0.05, 0.1) is 17.2 Å². The highest BCUT2D eigenvalue weighted by Gasteiger charge is 2.29. The zero-order chi connectivity index (χ0) is 30.1. The van der Waals surface area contributed by atoms with Crippen molar-refractivity contribution in [2.24, 2.45) is 17.8 Å². The second-order valence-electron chi connectivity index (χ2n) is 11.8. The minimum Gasteiger partial charge on any atom is -0.491 e. The van der Waals surface area contributed by atoms with Gasteiger partial charge in [-0.3, -0.25) is 9.52 Å². The molecule has 1 N–H and O–H groups in total. The first-order valence-electron chi connectivity index (χ1n) is 15.5. The highest BCUT2D eigenvalue weighted by atomic mass is 35.5. The number of nitrogens with one attached hydrogen (secondary N) is 1. The van der Waals surface area contributed by atoms with Gasteiger partial charge >= 0.3 is 0 Å². The van der Waals surface area contributed by atoms with E-state index in [1.54, 1.807) is 7.11 Å². The number of aryl methyl sites for hydroxylation is 1. The van der Waals surface area contributed by atoms with Gasteiger partial charge in [0.2, 0.25) is 5.91 Å². The topological polar surface area (TPSA) is 67.9 Å². The number of amides is 1. The van der Waals surface area contributed by atoms with Crippen LogP contribution in [0, 0.1) is 17.8 Å². The molecule has 8 heteroatoms. The standard InChI is InChI=1S/C34H47ClN2O4S/c1-5-9-26-20-28(35)12-14-31(26)27-22-37-18-16-25(6-2)11-8-7-10-24(3)30(17-19-40-4)34(38)36-42(39)29-13-15-33(41-23-27)32(37)21-29/h7-8,12-15,20-21,24-25,27,30H,5-6,9-11,16-19,22-23H2,1-4H3,(H,36,38)/b8-7+. The van der Waals surface area contributed by atoms with Crippen molar-refractivity contribution >= 4 is 34.2 Å². The summed E-state index contributed by atoms with van der Waals surface area (Å²) >= 11 is 6.39. The lowest BCUT2D eigenvalue weighted by molar-refractivity contribution is -0.125. The van der Waals surface area contributed by atoms with Crippen LogP contribution in [0.15, 0.2) is 53.4 Å². The summed E-state index contributed by atoms with van der Waals surface area (Å²) in [5, 5.41) is 0.761. The number of benzene rings is 2. The molecule has 42 heavy (non-hydrogen) atoms. The molecule has 2 bridgehead atoms. The number of anilines is 1. The molecule has 230 valence electrons. The molecule has 0 saturated heterocycles. The van der Waals surface area contributed by atoms with Crippen LogP contribution in [-0.4, -0.2) is 43.5 Å². The van der Waals surface area contributed by atoms with E-state index >= 15 is 0 Å². The Balaban J connectivity index is 1.69. The lowest BCUT2D eigenvalue weighted by atomic mass is 9.87. The number of fused-ring (bicyclic) bond motifs is 1. The molecule has 1 amide bonds. The minimum atomic E-state index is -1.69. The van der Waals surface area contributed by atoms with Gasteiger partial charge in [0.25, 0.3) is 0 Å². The molecule has 2 aliphatic heterocycles. The quantitative estimate of drug-likeness (QED) is 0.328. The van der Waals surface area contributed by atoms with Crippen LogP contribution < -0.4 is 14.4 Å². The second-order valence-corrected chi connectivity index (χ2v) is 13.4. The van der Waals surface area contributed by atoms with Crippen molar-refractivity contribution in [1.82, 2.24) is 4.72 Å². The van der Waals surface area contributed by atoms with E-state index in [1.807, 2.05) is 24.3 Å². The maximum Gasteiger partial charge on any atom is 0.235 e. The summed E-state index contributed by atoms with van der Waals surface area (Å²) in [5.41, 5.74) is 3.49. The zero-order valence-electron chi connectivity index (χ0n) is 25.6. The van der Waals surface area contributed by atoms with E-state index in [9.17, 15) is 9.00 Å². The Morgan fingerprint density at radius 1 is 1.14 bits per heavy atom. The third kappa shape index (κ3) is 8.39. The number of methoxy groups -OCH3 is 1. The smallest absolute Gasteiger partial charge is 0.235 e. The molecule has 2 aromatic carbocycles. The SMILES string of the molecule is CCCc1cc(Cl)ccc1C1COc2ccc3cc2N(CCC(CC)C/C=C/CC(C)C(CCOC)C(=O)NS3=O)C1. The maximum atomic E-state index is 13.5. The molecule has 2 heterocycles. The van der Waals surface area contributed by atoms with Crippen molar-refractivity contribution in [3.05, 3.63) is 64.7 Å². The van der Waals surface area contributed by atoms with Gasteiger partial charge < -0.3 is 14.4 Å². The fraction of sp³-hybridized carbons (Fsp3) is 0.559. The van der Waals surface area contributed by atoms with Crippen LogP contribution in [0.2, 0.25) is 5.02 Å². The molecule has 0 aromatic heterocycles. The highest BCUT2D eigenvalue weighted by Crippen LogP contribution is 2.38. The fourth-order valence-corrected chi connectivity index (χ4v) is 7.24. The average Bonchev–Trinajstić information content (AvgIpc) is 3.16. The number of halogens is 1. The Labute approximate surface area is 259 Å². The van der Waals surface area contributed by atoms with E-state index < -0.39 is 11.0 Å². The first-order valence-corrected chi connectivity index (χ1v) is 17.0. The molecule has 6 nitrogen and oxygen atoms in total. The summed E-state index contributed by atoms with van der Waals surface area (Å²) in [4.78, 5) is 16.3. The van der Waals surface area contributed by atoms with Crippen LogP contribution in [0.1, 0.15) is 76.3 Å². The van der Waals surface area contributed by atoms with Gasteiger partial charge in [0.1, 0.15) is 5.75 Å². The molecule has 2 aromatic rings. The van der Waals surface area contributed by atoms with Crippen molar-refractivity contribution in [2.75, 3.05) is 38.3 Å². The lowest BCUT2D eigenvalue weighted by Gasteiger charge is -2.29. The van der Waals surface area contributed by atoms with Crippen LogP contribution in [0.5, 0.6) is 5.75 Å². The van der Waals surface area contributed by atoms with E-state index in [1.165, 1.54) is 11.1 Å². The number of carbonyl (C=O) groups excluding carboxylic acids is 1. The fourth-order valence-electron chi connectivity index (χ4n) is 6.18. The Morgan fingerprint density at radius 2 is 1.95 bits per heavy atom. The van der Waals surface area contributed by atoms with Crippen molar-refractivity contribution in [3.63, 3.8) is 0 Å². The van der Waals surface area contributed by atoms with Crippen molar-refractivity contribution in [2.45, 2.75) is 76.5 Å². The molecule has 2 aliphatic rings. The van der Waals surface area contributed by atoms with Crippen LogP contribution in [0.4, 0.5) is 5.69 Å². The molecule has 0 aliphatic carbocycles. The van der Waals surface area contributed by atoms with Gasteiger partial charge in [0, 0.05) is 43.7 Å². The molecular formula is C34H47ClN2O4S. The van der Waals surface area contributed by atoms with E-state index in [4.69, 9.17) is 21.1 Å². The number of hydrogen-bond acceptors (Lipinski definition) is 5. The van der Waals surface area contributed by atoms with Gasteiger partial charge in [-0.1, -0.05) is 63.4 Å². The highest BCUT2D eigenvalue weighted by molar-refractivity contribution is 7.83. The first-order chi connectivity index (χ1) is 20.3. The second kappa shape index (κ2) is 15.9. The Morgan fingerprint density at radius 3 is 2.71 bits per heavy atom. The summed E-state index contributed by atoms with van der Waals surface area (Å²) in [7, 11) is -0.0426. The summed E-state index contributed by atoms with van der Waals surface area (Å²) < 4.78 is 28.1. The number of hydrogen-bond donors (Lipinski definition) is 1. The Kier molecular flexibility index (Phi) is 12.3. The molecule has 5 atom stereocenters. The molecule has 5 unspecified atom stereocenters. The number of carbonyl (C=O) groups is 1. The predicted octanol–water partition coefficient (Wildman–Crippen LogP) is 7.47. The third-order valence-electron chi connectivity index (χ3n) is 8.81. The number of allylic oxidation sites excluding steroid dienone is 2. The van der Waals surface area contributed by atoms with Crippen LogP contribution >= 0.6 is 11.6 Å². The number of ether oxygens (including phenoxy) is 2. The van der Waals surface area contributed by atoms with Crippen molar-refractivity contribution in [3.8, 4) is 5.75 Å². The van der Waals surface area contributed by atoms with E-state index in [-0.39, 0.29) is 23.7 Å². The monoisotopic (exact) mass is 614 g/mol. The minimum absolute atomic E-state index is 0.111. The zero-order valence-corrected chi connectivity index (χ0v) is 27.1. The third-order valence-corrected chi connectivity index (χ3v) is 10.1. The van der Waals surface area contributed by atoms with Gasteiger partial charge in [-0.2, -0.15) is 0 Å². The van der Waals surface area contributed by atoms with Crippen molar-refractivity contribution in [1.29, 1.82) is 0 Å². The maximum absolute atomic E-state index is 13.5. The lowest BCUT2D eigenvalue weighted by Crippen LogP contribution is -2.36. The van der Waals surface area contributed by atoms with E-state index in [0.29, 0.717) is 30.4 Å². The van der Waals surface area contributed by atoms with Gasteiger partial charge in [-0.15, -0.1) is 0 Å². The Bertz CT molecular complexity index is 1250. The van der Waals surface area contributed by atoms with Crippen LogP contribution in [0.25, 0.3) is 0 Å². The normalized spacial score (nSPS) is 26.2. The summed E-state index contributed by atoms with van der Waals surface area (Å²) in [6, 6.07) is 11.9. The molecule has 0 spiro atoms. The van der Waals surface area contributed by atoms with E-state index in [2.05, 4.69) is 54.7 Å². The van der Waals surface area contributed by atoms with Gasteiger partial charge in [-0.25, -0.2) is 4.21 Å². The molecule has 0 saturated carbocycles. The van der Waals surface area contributed by atoms with Crippen molar-refractivity contribution < 1.29 is 18.5 Å². The Hall–Kier alpha value is -2.35. The number of nitrogens with zero attached hydrogens (tertiary/aromatic N) is 1. The summed E-state index contributed by atoms with van der Waals surface area (Å²) in [5.74, 6) is 1.13. The average molecular weight is 615 g/mol.